The van der Waals surface area contributed by atoms with E-state index in [9.17, 15) is 0 Å². The molecule has 3 nitrogen and oxygen atoms in total. The SMILES string of the molecule is C1=CN(c2cccnc2)CN1.[H-].[Na+]. The van der Waals surface area contributed by atoms with Crippen LogP contribution in [0.5, 0.6) is 0 Å². The van der Waals surface area contributed by atoms with Crippen LogP contribution >= 0.6 is 0 Å². The van der Waals surface area contributed by atoms with Crippen molar-refractivity contribution in [3.05, 3.63) is 36.9 Å². The van der Waals surface area contributed by atoms with Gasteiger partial charge in [-0.2, -0.15) is 0 Å². The van der Waals surface area contributed by atoms with E-state index in [1.165, 1.54) is 0 Å². The maximum absolute atomic E-state index is 4.03. The van der Waals surface area contributed by atoms with Crippen LogP contribution in [-0.2, 0) is 0 Å². The number of anilines is 1. The first-order valence-corrected chi connectivity index (χ1v) is 3.53. The maximum Gasteiger partial charge on any atom is 1.00 e. The topological polar surface area (TPSA) is 28.2 Å². The molecule has 12 heavy (non-hydrogen) atoms. The summed E-state index contributed by atoms with van der Waals surface area (Å²) in [4.78, 5) is 6.12. The molecule has 0 aromatic carbocycles. The number of hydrogen-bond donors (Lipinski definition) is 1. The van der Waals surface area contributed by atoms with Gasteiger partial charge >= 0.3 is 29.6 Å². The molecule has 1 aromatic heterocycles. The van der Waals surface area contributed by atoms with Crippen molar-refractivity contribution in [3.63, 3.8) is 0 Å². The minimum Gasteiger partial charge on any atom is -1.00 e. The van der Waals surface area contributed by atoms with Gasteiger partial charge in [0.2, 0.25) is 0 Å². The van der Waals surface area contributed by atoms with Gasteiger partial charge in [-0.1, -0.05) is 0 Å². The van der Waals surface area contributed by atoms with Crippen molar-refractivity contribution in [2.45, 2.75) is 0 Å². The van der Waals surface area contributed by atoms with Gasteiger partial charge in [0.25, 0.3) is 0 Å². The number of pyridine rings is 1. The third kappa shape index (κ3) is 2.00. The first kappa shape index (κ1) is 9.58. The predicted octanol–water partition coefficient (Wildman–Crippen LogP) is -1.96. The summed E-state index contributed by atoms with van der Waals surface area (Å²) in [5.41, 5.74) is 1.12. The van der Waals surface area contributed by atoms with Crippen LogP contribution in [0.2, 0.25) is 0 Å². The van der Waals surface area contributed by atoms with E-state index in [4.69, 9.17) is 0 Å². The molecule has 1 aromatic rings. The molecule has 0 radical (unpaired) electrons. The summed E-state index contributed by atoms with van der Waals surface area (Å²) in [5, 5.41) is 3.09. The van der Waals surface area contributed by atoms with Gasteiger partial charge in [-0.05, 0) is 12.1 Å². The molecular weight excluding hydrogens is 161 g/mol. The van der Waals surface area contributed by atoms with Crippen LogP contribution in [0.25, 0.3) is 0 Å². The molecule has 2 heterocycles. The van der Waals surface area contributed by atoms with E-state index >= 15 is 0 Å². The summed E-state index contributed by atoms with van der Waals surface area (Å²) in [5.74, 6) is 0. The minimum atomic E-state index is 0. The van der Waals surface area contributed by atoms with Gasteiger partial charge in [-0.25, -0.2) is 0 Å². The standard InChI is InChI=1S/C8H9N3.Na.H/c1-2-8(6-9-3-1)11-5-4-10-7-11;;/h1-6,10H,7H2;;/q;+1;-1. The number of aromatic nitrogens is 1. The van der Waals surface area contributed by atoms with Crippen LogP contribution in [0.4, 0.5) is 5.69 Å². The predicted molar refractivity (Wildman–Crippen MR) is 45.0 cm³/mol. The third-order valence-electron chi connectivity index (χ3n) is 1.61. The van der Waals surface area contributed by atoms with Gasteiger partial charge in [0.05, 0.1) is 18.6 Å². The van der Waals surface area contributed by atoms with E-state index in [1.54, 1.807) is 6.20 Å². The number of rotatable bonds is 1. The molecule has 1 aliphatic rings. The van der Waals surface area contributed by atoms with E-state index < -0.39 is 0 Å². The molecule has 58 valence electrons. The summed E-state index contributed by atoms with van der Waals surface area (Å²) in [6.45, 7) is 0.839. The molecule has 1 N–H and O–H groups in total. The smallest absolute Gasteiger partial charge is 1.00 e. The molecule has 4 heteroatoms. The number of hydrogen-bond acceptors (Lipinski definition) is 3. The first-order chi connectivity index (χ1) is 5.47. The normalized spacial score (nSPS) is 13.8. The van der Waals surface area contributed by atoms with Gasteiger partial charge in [-0.15, -0.1) is 0 Å². The van der Waals surface area contributed by atoms with Crippen LogP contribution in [-0.4, -0.2) is 11.7 Å². The largest absolute Gasteiger partial charge is 1.00 e. The zero-order chi connectivity index (χ0) is 7.52. The van der Waals surface area contributed by atoms with Gasteiger partial charge < -0.3 is 11.6 Å². The second-order valence-corrected chi connectivity index (χ2v) is 2.36. The Labute approximate surface area is 95.3 Å². The molecule has 0 saturated carbocycles. The maximum atomic E-state index is 4.03. The van der Waals surface area contributed by atoms with E-state index in [0.717, 1.165) is 12.4 Å². The van der Waals surface area contributed by atoms with Crippen molar-refractivity contribution < 1.29 is 31.0 Å². The molecule has 0 aliphatic carbocycles. The van der Waals surface area contributed by atoms with Crippen molar-refractivity contribution in [2.75, 3.05) is 11.6 Å². The number of nitrogens with zero attached hydrogens (tertiary/aromatic N) is 2. The zero-order valence-electron chi connectivity index (χ0n) is 8.07. The molecular formula is C8H10N3Na. The van der Waals surface area contributed by atoms with E-state index in [2.05, 4.69) is 15.2 Å². The Morgan fingerprint density at radius 3 is 3.08 bits per heavy atom. The quantitative estimate of drug-likeness (QED) is 0.497. The molecule has 0 atom stereocenters. The van der Waals surface area contributed by atoms with Crippen molar-refractivity contribution in [1.82, 2.24) is 10.3 Å². The Kier molecular flexibility index (Phi) is 3.59. The average molecular weight is 171 g/mol. The molecule has 2 rings (SSSR count). The molecule has 0 saturated heterocycles. The summed E-state index contributed by atoms with van der Waals surface area (Å²) in [6.07, 6.45) is 7.54. The minimum absolute atomic E-state index is 0. The van der Waals surface area contributed by atoms with Crippen molar-refractivity contribution in [2.24, 2.45) is 0 Å². The van der Waals surface area contributed by atoms with E-state index in [-0.39, 0.29) is 31.0 Å². The molecule has 0 unspecified atom stereocenters. The Balaban J connectivity index is 0.000000720. The Morgan fingerprint density at radius 2 is 2.50 bits per heavy atom. The number of nitrogens with one attached hydrogen (secondary N) is 1. The van der Waals surface area contributed by atoms with E-state index in [1.807, 2.05) is 30.7 Å². The van der Waals surface area contributed by atoms with Gasteiger partial charge in [0.15, 0.2) is 0 Å². The average Bonchev–Trinajstić information content (AvgIpc) is 2.58. The summed E-state index contributed by atoms with van der Waals surface area (Å²) in [7, 11) is 0. The molecule has 0 amide bonds. The molecule has 0 spiro atoms. The first-order valence-electron chi connectivity index (χ1n) is 3.53. The summed E-state index contributed by atoms with van der Waals surface area (Å²) >= 11 is 0. The van der Waals surface area contributed by atoms with Crippen molar-refractivity contribution in [1.29, 1.82) is 0 Å². The van der Waals surface area contributed by atoms with Crippen LogP contribution in [0.1, 0.15) is 1.43 Å². The zero-order valence-corrected chi connectivity index (χ0v) is 9.07. The summed E-state index contributed by atoms with van der Waals surface area (Å²) in [6, 6.07) is 3.96. The Bertz CT molecular complexity index is 265. The molecule has 0 bridgehead atoms. The van der Waals surface area contributed by atoms with Crippen LogP contribution in [0.15, 0.2) is 36.9 Å². The fraction of sp³-hybridized carbons (Fsp3) is 0.125. The Hall–Kier alpha value is -0.510. The van der Waals surface area contributed by atoms with Crippen molar-refractivity contribution >= 4 is 5.69 Å². The van der Waals surface area contributed by atoms with Crippen LogP contribution in [0, 0.1) is 0 Å². The third-order valence-corrected chi connectivity index (χ3v) is 1.61. The Morgan fingerprint density at radius 1 is 1.58 bits per heavy atom. The second-order valence-electron chi connectivity index (χ2n) is 2.36. The van der Waals surface area contributed by atoms with E-state index in [0.29, 0.717) is 0 Å². The second kappa shape index (κ2) is 4.50. The van der Waals surface area contributed by atoms with Crippen LogP contribution < -0.4 is 39.8 Å². The van der Waals surface area contributed by atoms with Crippen molar-refractivity contribution in [3.8, 4) is 0 Å². The fourth-order valence-corrected chi connectivity index (χ4v) is 1.05. The van der Waals surface area contributed by atoms with Gasteiger partial charge in [-0.3, -0.25) is 4.98 Å². The fourth-order valence-electron chi connectivity index (χ4n) is 1.05. The monoisotopic (exact) mass is 171 g/mol. The molecule has 0 fully saturated rings. The van der Waals surface area contributed by atoms with Crippen LogP contribution in [0.3, 0.4) is 0 Å². The van der Waals surface area contributed by atoms with Gasteiger partial charge in [0, 0.05) is 18.6 Å². The summed E-state index contributed by atoms with van der Waals surface area (Å²) < 4.78 is 0. The molecule has 1 aliphatic heterocycles. The van der Waals surface area contributed by atoms with Gasteiger partial charge in [0.1, 0.15) is 0 Å².